The van der Waals surface area contributed by atoms with E-state index in [4.69, 9.17) is 4.74 Å². The van der Waals surface area contributed by atoms with Gasteiger partial charge in [-0.3, -0.25) is 4.99 Å². The van der Waals surface area contributed by atoms with E-state index >= 15 is 0 Å². The van der Waals surface area contributed by atoms with Crippen LogP contribution in [-0.4, -0.2) is 45.5 Å². The lowest BCUT2D eigenvalue weighted by molar-refractivity contribution is -0.132. The summed E-state index contributed by atoms with van der Waals surface area (Å²) < 4.78 is 41.5. The highest BCUT2D eigenvalue weighted by Crippen LogP contribution is 2.48. The summed E-state index contributed by atoms with van der Waals surface area (Å²) >= 11 is 0. The summed E-state index contributed by atoms with van der Waals surface area (Å²) in [6.45, 7) is 3.98. The number of alkyl halides is 3. The summed E-state index contributed by atoms with van der Waals surface area (Å²) in [6, 6.07) is 0. The quantitative estimate of drug-likeness (QED) is 0.273. The summed E-state index contributed by atoms with van der Waals surface area (Å²) in [5.74, 6) is 0.428. The fourth-order valence-corrected chi connectivity index (χ4v) is 1.94. The average Bonchev–Trinajstić information content (AvgIpc) is 3.13. The normalized spacial score (nSPS) is 17.1. The highest BCUT2D eigenvalue weighted by Gasteiger charge is 2.41. The van der Waals surface area contributed by atoms with E-state index in [1.165, 1.54) is 0 Å². The zero-order chi connectivity index (χ0) is 15.1. The van der Waals surface area contributed by atoms with Gasteiger partial charge in [0.1, 0.15) is 0 Å². The topological polar surface area (TPSA) is 45.6 Å². The van der Waals surface area contributed by atoms with E-state index in [1.807, 2.05) is 6.92 Å². The van der Waals surface area contributed by atoms with Crippen LogP contribution in [0.2, 0.25) is 0 Å². The predicted octanol–water partition coefficient (Wildman–Crippen LogP) is 2.93. The van der Waals surface area contributed by atoms with Crippen molar-refractivity contribution in [3.63, 3.8) is 0 Å². The van der Waals surface area contributed by atoms with Gasteiger partial charge >= 0.3 is 6.18 Å². The number of guanidine groups is 1. The van der Waals surface area contributed by atoms with Gasteiger partial charge in [0.25, 0.3) is 0 Å². The Balaban J connectivity index is 0.00000400. The summed E-state index contributed by atoms with van der Waals surface area (Å²) in [5, 5.41) is 5.78. The highest BCUT2D eigenvalue weighted by molar-refractivity contribution is 14.0. The van der Waals surface area contributed by atoms with Crippen molar-refractivity contribution in [3.8, 4) is 0 Å². The highest BCUT2D eigenvalue weighted by atomic mass is 127. The molecule has 0 aromatic rings. The van der Waals surface area contributed by atoms with Crippen molar-refractivity contribution >= 4 is 29.9 Å². The number of nitrogens with zero attached hydrogens (tertiary/aromatic N) is 1. The van der Waals surface area contributed by atoms with Gasteiger partial charge in [0.05, 0.1) is 6.42 Å². The summed E-state index contributed by atoms with van der Waals surface area (Å²) in [5.41, 5.74) is 0.233. The first-order chi connectivity index (χ1) is 9.41. The second-order valence-corrected chi connectivity index (χ2v) is 5.16. The van der Waals surface area contributed by atoms with Gasteiger partial charge in [-0.2, -0.15) is 13.2 Å². The van der Waals surface area contributed by atoms with Gasteiger partial charge in [0.15, 0.2) is 5.96 Å². The third-order valence-electron chi connectivity index (χ3n) is 3.49. The van der Waals surface area contributed by atoms with Crippen molar-refractivity contribution in [1.82, 2.24) is 10.6 Å². The number of halogens is 4. The van der Waals surface area contributed by atoms with Crippen molar-refractivity contribution in [1.29, 1.82) is 0 Å². The molecular formula is C13H25F3IN3O. The standard InChI is InChI=1S/C13H24F3N3O.HI/c1-3-20-9-7-12(4-5-12)10-19-11(17-2)18-8-6-13(14,15)16;/h3-10H2,1-2H3,(H2,17,18,19);1H. The average molecular weight is 423 g/mol. The second kappa shape index (κ2) is 9.70. The molecule has 0 aromatic heterocycles. The molecule has 1 aliphatic carbocycles. The summed E-state index contributed by atoms with van der Waals surface area (Å²) in [6.07, 6.45) is -1.75. The molecule has 1 fully saturated rings. The first-order valence-electron chi connectivity index (χ1n) is 7.00. The van der Waals surface area contributed by atoms with Crippen LogP contribution in [-0.2, 0) is 4.74 Å². The first-order valence-corrected chi connectivity index (χ1v) is 7.00. The molecule has 0 aromatic carbocycles. The van der Waals surface area contributed by atoms with E-state index in [1.54, 1.807) is 7.05 Å². The molecule has 1 rings (SSSR count). The third-order valence-corrected chi connectivity index (χ3v) is 3.49. The maximum Gasteiger partial charge on any atom is 0.390 e. The zero-order valence-electron chi connectivity index (χ0n) is 12.6. The maximum atomic E-state index is 12.1. The molecule has 0 bridgehead atoms. The molecule has 1 saturated carbocycles. The lowest BCUT2D eigenvalue weighted by Crippen LogP contribution is -2.41. The first kappa shape index (κ1) is 20.8. The van der Waals surface area contributed by atoms with Crippen LogP contribution in [0.3, 0.4) is 0 Å². The molecule has 4 nitrogen and oxygen atoms in total. The second-order valence-electron chi connectivity index (χ2n) is 5.16. The Labute approximate surface area is 141 Å². The minimum Gasteiger partial charge on any atom is -0.382 e. The Bertz CT molecular complexity index is 320. The minimum atomic E-state index is -4.14. The summed E-state index contributed by atoms with van der Waals surface area (Å²) in [4.78, 5) is 3.93. The monoisotopic (exact) mass is 423 g/mol. The molecule has 21 heavy (non-hydrogen) atoms. The molecule has 0 amide bonds. The van der Waals surface area contributed by atoms with E-state index in [-0.39, 0.29) is 35.9 Å². The maximum absolute atomic E-state index is 12.1. The van der Waals surface area contributed by atoms with Crippen LogP contribution in [0.1, 0.15) is 32.6 Å². The molecule has 0 saturated heterocycles. The van der Waals surface area contributed by atoms with Gasteiger partial charge < -0.3 is 15.4 Å². The van der Waals surface area contributed by atoms with E-state index in [2.05, 4.69) is 15.6 Å². The molecule has 1 aliphatic rings. The molecule has 0 radical (unpaired) electrons. The number of hydrogen-bond donors (Lipinski definition) is 2. The van der Waals surface area contributed by atoms with Crippen molar-refractivity contribution in [2.24, 2.45) is 10.4 Å². The van der Waals surface area contributed by atoms with E-state index in [9.17, 15) is 13.2 Å². The molecule has 8 heteroatoms. The minimum absolute atomic E-state index is 0. The van der Waals surface area contributed by atoms with Crippen molar-refractivity contribution in [2.45, 2.75) is 38.8 Å². The predicted molar refractivity (Wildman–Crippen MR) is 88.2 cm³/mol. The van der Waals surface area contributed by atoms with Crippen molar-refractivity contribution < 1.29 is 17.9 Å². The molecule has 0 unspecified atom stereocenters. The number of aliphatic imine (C=N–C) groups is 1. The number of hydrogen-bond acceptors (Lipinski definition) is 2. The molecule has 126 valence electrons. The van der Waals surface area contributed by atoms with Crippen LogP contribution in [0.25, 0.3) is 0 Å². The van der Waals surface area contributed by atoms with Gasteiger partial charge in [0, 0.05) is 33.4 Å². The van der Waals surface area contributed by atoms with Gasteiger partial charge in [0.2, 0.25) is 0 Å². The molecular weight excluding hydrogens is 398 g/mol. The summed E-state index contributed by atoms with van der Waals surface area (Å²) in [7, 11) is 1.56. The van der Waals surface area contributed by atoms with Gasteiger partial charge in [-0.1, -0.05) is 0 Å². The molecule has 0 aliphatic heterocycles. The van der Waals surface area contributed by atoms with Crippen LogP contribution < -0.4 is 10.6 Å². The lowest BCUT2D eigenvalue weighted by atomic mass is 10.0. The Morgan fingerprint density at radius 3 is 2.43 bits per heavy atom. The third kappa shape index (κ3) is 9.38. The smallest absolute Gasteiger partial charge is 0.382 e. The van der Waals surface area contributed by atoms with Gasteiger partial charge in [-0.05, 0) is 31.6 Å². The molecule has 0 heterocycles. The molecule has 0 atom stereocenters. The number of ether oxygens (including phenoxy) is 1. The van der Waals surface area contributed by atoms with E-state index in [0.717, 1.165) is 32.4 Å². The SMILES string of the molecule is CCOCCC1(CNC(=NC)NCCC(F)(F)F)CC1.I. The van der Waals surface area contributed by atoms with Crippen molar-refractivity contribution in [2.75, 3.05) is 33.4 Å². The van der Waals surface area contributed by atoms with Crippen LogP contribution >= 0.6 is 24.0 Å². The molecule has 2 N–H and O–H groups in total. The van der Waals surface area contributed by atoms with Crippen LogP contribution in [0.5, 0.6) is 0 Å². The Morgan fingerprint density at radius 1 is 1.29 bits per heavy atom. The Hall–Kier alpha value is -0.250. The number of rotatable bonds is 8. The zero-order valence-corrected chi connectivity index (χ0v) is 14.9. The largest absolute Gasteiger partial charge is 0.390 e. The molecule has 0 spiro atoms. The Morgan fingerprint density at radius 2 is 1.95 bits per heavy atom. The van der Waals surface area contributed by atoms with Gasteiger partial charge in [-0.25, -0.2) is 0 Å². The fraction of sp³-hybridized carbons (Fsp3) is 0.923. The van der Waals surface area contributed by atoms with Crippen LogP contribution in [0.4, 0.5) is 13.2 Å². The Kier molecular flexibility index (Phi) is 9.59. The van der Waals surface area contributed by atoms with E-state index in [0.29, 0.717) is 12.6 Å². The fourth-order valence-electron chi connectivity index (χ4n) is 1.94. The lowest BCUT2D eigenvalue weighted by Gasteiger charge is -2.18. The van der Waals surface area contributed by atoms with E-state index < -0.39 is 12.6 Å². The van der Waals surface area contributed by atoms with Crippen molar-refractivity contribution in [3.05, 3.63) is 0 Å². The van der Waals surface area contributed by atoms with Crippen LogP contribution in [0, 0.1) is 5.41 Å². The van der Waals surface area contributed by atoms with Crippen LogP contribution in [0.15, 0.2) is 4.99 Å². The van der Waals surface area contributed by atoms with Gasteiger partial charge in [-0.15, -0.1) is 24.0 Å². The number of nitrogens with one attached hydrogen (secondary N) is 2.